The molecule has 0 radical (unpaired) electrons. The fourth-order valence-corrected chi connectivity index (χ4v) is 0.698. The maximum absolute atomic E-state index is 10.8. The van der Waals surface area contributed by atoms with Gasteiger partial charge in [-0.3, -0.25) is 4.98 Å². The molecule has 0 aliphatic carbocycles. The van der Waals surface area contributed by atoms with Crippen LogP contribution in [0.3, 0.4) is 0 Å². The molecule has 0 spiro atoms. The largest absolute Gasteiger partial charge is 0.491 e. The summed E-state index contributed by atoms with van der Waals surface area (Å²) >= 11 is 0. The predicted molar refractivity (Wildman–Crippen MR) is 35.4 cm³/mol. The first-order valence-corrected chi connectivity index (χ1v) is 2.86. The summed E-state index contributed by atoms with van der Waals surface area (Å²) in [6.45, 7) is -0.0955. The number of aromatic hydroxyl groups is 2. The Morgan fingerprint density at radius 2 is 2.27 bits per heavy atom. The van der Waals surface area contributed by atoms with Crippen molar-refractivity contribution in [1.82, 2.24) is 9.55 Å². The van der Waals surface area contributed by atoms with Gasteiger partial charge in [-0.1, -0.05) is 0 Å². The van der Waals surface area contributed by atoms with Gasteiger partial charge in [0.05, 0.1) is 0 Å². The second-order valence-electron chi connectivity index (χ2n) is 1.95. The van der Waals surface area contributed by atoms with Crippen LogP contribution in [0.4, 0.5) is 0 Å². The normalized spacial score (nSPS) is 10.3. The zero-order valence-corrected chi connectivity index (χ0v) is 5.87. The van der Waals surface area contributed by atoms with Crippen LogP contribution in [0.5, 0.6) is 11.8 Å². The van der Waals surface area contributed by atoms with E-state index < -0.39 is 17.4 Å². The summed E-state index contributed by atoms with van der Waals surface area (Å²) in [7, 11) is 1.37. The Bertz CT molecular complexity index is 300. The average Bonchev–Trinajstić information content (AvgIpc) is 2.17. The van der Waals surface area contributed by atoms with Crippen molar-refractivity contribution in [1.29, 1.82) is 0 Å². The van der Waals surface area contributed by atoms with Crippen LogP contribution in [0, 0.1) is 0 Å². The van der Waals surface area contributed by atoms with Gasteiger partial charge in [0.2, 0.25) is 0 Å². The van der Waals surface area contributed by atoms with E-state index >= 15 is 0 Å². The first-order chi connectivity index (χ1) is 5.16. The first-order valence-electron chi connectivity index (χ1n) is 2.86. The lowest BCUT2D eigenvalue weighted by Crippen LogP contribution is -2.17. The summed E-state index contributed by atoms with van der Waals surface area (Å²) in [4.78, 5) is 12.8. The topological polar surface area (TPSA) is 87.5 Å². The van der Waals surface area contributed by atoms with E-state index in [4.69, 9.17) is 10.2 Å². The first kappa shape index (κ1) is 7.67. The Labute approximate surface area is 61.7 Å². The van der Waals surface area contributed by atoms with E-state index in [0.717, 1.165) is 4.57 Å². The molecule has 1 aromatic heterocycles. The molecule has 11 heavy (non-hydrogen) atoms. The number of aromatic amines is 1. The third-order valence-electron chi connectivity index (χ3n) is 1.20. The maximum Gasteiger partial charge on any atom is 0.333 e. The van der Waals surface area contributed by atoms with Gasteiger partial charge < -0.3 is 14.9 Å². The van der Waals surface area contributed by atoms with E-state index in [1.165, 1.54) is 7.11 Å². The molecule has 0 aromatic carbocycles. The molecular formula is C5H8N2O4. The minimum Gasteiger partial charge on any atom is -0.491 e. The van der Waals surface area contributed by atoms with Crippen molar-refractivity contribution in [2.45, 2.75) is 6.73 Å². The molecule has 1 rings (SSSR count). The third-order valence-corrected chi connectivity index (χ3v) is 1.20. The highest BCUT2D eigenvalue weighted by Gasteiger charge is 2.10. The highest BCUT2D eigenvalue weighted by atomic mass is 16.5. The van der Waals surface area contributed by atoms with Crippen molar-refractivity contribution >= 4 is 0 Å². The number of imidazole rings is 1. The second kappa shape index (κ2) is 2.67. The summed E-state index contributed by atoms with van der Waals surface area (Å²) in [5.74, 6) is -1.07. The Kier molecular flexibility index (Phi) is 1.86. The summed E-state index contributed by atoms with van der Waals surface area (Å²) in [5, 5.41) is 17.7. The summed E-state index contributed by atoms with van der Waals surface area (Å²) in [6.07, 6.45) is 0. The lowest BCUT2D eigenvalue weighted by molar-refractivity contribution is 0.120. The van der Waals surface area contributed by atoms with E-state index in [-0.39, 0.29) is 6.73 Å². The third kappa shape index (κ3) is 1.20. The van der Waals surface area contributed by atoms with Crippen LogP contribution in [0.1, 0.15) is 0 Å². The predicted octanol–water partition coefficient (Wildman–Crippen LogP) is -0.809. The Hall–Kier alpha value is -1.43. The SMILES string of the molecule is COCn1c(O)c(O)[nH]c1=O. The van der Waals surface area contributed by atoms with Crippen LogP contribution in [0.15, 0.2) is 4.79 Å². The van der Waals surface area contributed by atoms with Crippen LogP contribution < -0.4 is 5.69 Å². The van der Waals surface area contributed by atoms with Crippen molar-refractivity contribution in [3.8, 4) is 11.8 Å². The number of nitrogens with one attached hydrogen (secondary N) is 1. The van der Waals surface area contributed by atoms with Gasteiger partial charge in [-0.05, 0) is 0 Å². The number of H-pyrrole nitrogens is 1. The van der Waals surface area contributed by atoms with E-state index in [1.807, 2.05) is 4.98 Å². The molecule has 0 fully saturated rings. The quantitative estimate of drug-likeness (QED) is 0.528. The van der Waals surface area contributed by atoms with Gasteiger partial charge in [-0.2, -0.15) is 0 Å². The van der Waals surface area contributed by atoms with Crippen LogP contribution >= 0.6 is 0 Å². The van der Waals surface area contributed by atoms with Crippen LogP contribution in [0.25, 0.3) is 0 Å². The Morgan fingerprint density at radius 1 is 1.64 bits per heavy atom. The molecule has 1 heterocycles. The lowest BCUT2D eigenvalue weighted by atomic mass is 10.7. The molecule has 0 aliphatic heterocycles. The summed E-state index contributed by atoms with van der Waals surface area (Å²) < 4.78 is 5.43. The fourth-order valence-electron chi connectivity index (χ4n) is 0.698. The Morgan fingerprint density at radius 3 is 2.64 bits per heavy atom. The van der Waals surface area contributed by atoms with Gasteiger partial charge in [0, 0.05) is 7.11 Å². The van der Waals surface area contributed by atoms with Crippen LogP contribution in [-0.4, -0.2) is 26.9 Å². The molecule has 0 bridgehead atoms. The van der Waals surface area contributed by atoms with E-state index in [2.05, 4.69) is 4.74 Å². The van der Waals surface area contributed by atoms with Gasteiger partial charge in [0.25, 0.3) is 11.8 Å². The van der Waals surface area contributed by atoms with Gasteiger partial charge >= 0.3 is 5.69 Å². The Balaban J connectivity index is 3.12. The highest BCUT2D eigenvalue weighted by Crippen LogP contribution is 2.17. The van der Waals surface area contributed by atoms with Crippen molar-refractivity contribution in [3.05, 3.63) is 10.5 Å². The minimum absolute atomic E-state index is 0.0955. The molecule has 0 saturated carbocycles. The molecule has 3 N–H and O–H groups in total. The zero-order valence-electron chi connectivity index (χ0n) is 5.87. The maximum atomic E-state index is 10.8. The van der Waals surface area contributed by atoms with Crippen LogP contribution in [0.2, 0.25) is 0 Å². The second-order valence-corrected chi connectivity index (χ2v) is 1.95. The van der Waals surface area contributed by atoms with Gasteiger partial charge in [-0.15, -0.1) is 0 Å². The molecule has 1 aromatic rings. The standard InChI is InChI=1S/C5H8N2O4/c1-11-2-7-4(9)3(8)6-5(7)10/h8-9H,2H2,1H3,(H,6,10). The molecule has 6 nitrogen and oxygen atoms in total. The highest BCUT2D eigenvalue weighted by molar-refractivity contribution is 5.22. The smallest absolute Gasteiger partial charge is 0.333 e. The minimum atomic E-state index is -0.609. The lowest BCUT2D eigenvalue weighted by Gasteiger charge is -1.98. The molecule has 62 valence electrons. The molecule has 0 unspecified atom stereocenters. The van der Waals surface area contributed by atoms with Crippen molar-refractivity contribution < 1.29 is 14.9 Å². The molecule has 0 amide bonds. The van der Waals surface area contributed by atoms with Gasteiger partial charge in [-0.25, -0.2) is 9.36 Å². The van der Waals surface area contributed by atoms with Crippen LogP contribution in [-0.2, 0) is 11.5 Å². The summed E-state index contributed by atoms with van der Waals surface area (Å²) in [6, 6.07) is 0. The molecule has 0 saturated heterocycles. The molecular weight excluding hydrogens is 152 g/mol. The van der Waals surface area contributed by atoms with E-state index in [9.17, 15) is 4.79 Å². The van der Waals surface area contributed by atoms with E-state index in [1.54, 1.807) is 0 Å². The summed E-state index contributed by atoms with van der Waals surface area (Å²) in [5.41, 5.74) is -0.609. The number of hydrogen-bond acceptors (Lipinski definition) is 4. The number of ether oxygens (including phenoxy) is 1. The average molecular weight is 160 g/mol. The molecule has 6 heteroatoms. The number of methoxy groups -OCH3 is 1. The zero-order chi connectivity index (χ0) is 8.43. The number of hydrogen-bond donors (Lipinski definition) is 3. The number of aromatic nitrogens is 2. The van der Waals surface area contributed by atoms with E-state index in [0.29, 0.717) is 0 Å². The monoisotopic (exact) mass is 160 g/mol. The molecule has 0 atom stereocenters. The van der Waals surface area contributed by atoms with Crippen molar-refractivity contribution in [2.75, 3.05) is 7.11 Å². The number of rotatable bonds is 2. The number of nitrogens with zero attached hydrogens (tertiary/aromatic N) is 1. The molecule has 0 aliphatic rings. The van der Waals surface area contributed by atoms with Gasteiger partial charge in [0.1, 0.15) is 6.73 Å². The van der Waals surface area contributed by atoms with Gasteiger partial charge in [0.15, 0.2) is 0 Å². The van der Waals surface area contributed by atoms with Crippen molar-refractivity contribution in [2.24, 2.45) is 0 Å². The fraction of sp³-hybridized carbons (Fsp3) is 0.400. The van der Waals surface area contributed by atoms with Crippen molar-refractivity contribution in [3.63, 3.8) is 0 Å².